The summed E-state index contributed by atoms with van der Waals surface area (Å²) in [6.45, 7) is 1.95. The SMILES string of the molecule is COc1cc(O)c2c(=O)oc3c(c2c1)[C@@H](C)C[C@@H]3O. The molecule has 1 heterocycles. The Morgan fingerprint density at radius 1 is 1.42 bits per heavy atom. The highest BCUT2D eigenvalue weighted by molar-refractivity contribution is 5.92. The molecule has 1 aliphatic rings. The van der Waals surface area contributed by atoms with Crippen molar-refractivity contribution in [2.45, 2.75) is 25.4 Å². The van der Waals surface area contributed by atoms with Crippen LogP contribution in [0.3, 0.4) is 0 Å². The van der Waals surface area contributed by atoms with Crippen LogP contribution in [0.2, 0.25) is 0 Å². The van der Waals surface area contributed by atoms with Crippen LogP contribution in [-0.4, -0.2) is 17.3 Å². The maximum absolute atomic E-state index is 11.9. The van der Waals surface area contributed by atoms with Crippen molar-refractivity contribution >= 4 is 10.8 Å². The molecule has 5 nitrogen and oxygen atoms in total. The number of ether oxygens (including phenoxy) is 1. The third-order valence-corrected chi connectivity index (χ3v) is 3.66. The first-order valence-corrected chi connectivity index (χ1v) is 6.08. The van der Waals surface area contributed by atoms with E-state index in [-0.39, 0.29) is 17.1 Å². The summed E-state index contributed by atoms with van der Waals surface area (Å²) in [5, 5.41) is 20.6. The van der Waals surface area contributed by atoms with Crippen molar-refractivity contribution < 1.29 is 19.4 Å². The van der Waals surface area contributed by atoms with Gasteiger partial charge in [0.1, 0.15) is 28.7 Å². The molecule has 0 saturated carbocycles. The Morgan fingerprint density at radius 2 is 2.16 bits per heavy atom. The van der Waals surface area contributed by atoms with E-state index < -0.39 is 11.7 Å². The molecule has 0 spiro atoms. The van der Waals surface area contributed by atoms with Gasteiger partial charge in [-0.25, -0.2) is 4.79 Å². The molecule has 2 atom stereocenters. The molecule has 2 aromatic rings. The lowest BCUT2D eigenvalue weighted by molar-refractivity contribution is 0.147. The van der Waals surface area contributed by atoms with E-state index in [0.29, 0.717) is 23.3 Å². The molecule has 0 amide bonds. The molecule has 3 rings (SSSR count). The average molecular weight is 262 g/mol. The van der Waals surface area contributed by atoms with Gasteiger partial charge < -0.3 is 19.4 Å². The van der Waals surface area contributed by atoms with Crippen LogP contribution in [-0.2, 0) is 0 Å². The summed E-state index contributed by atoms with van der Waals surface area (Å²) in [5.41, 5.74) is 0.137. The number of hydrogen-bond donors (Lipinski definition) is 2. The van der Waals surface area contributed by atoms with Crippen LogP contribution in [0.15, 0.2) is 21.3 Å². The Bertz CT molecular complexity index is 716. The second-order valence-corrected chi connectivity index (χ2v) is 4.89. The predicted octanol–water partition coefficient (Wildman–Crippen LogP) is 2.05. The van der Waals surface area contributed by atoms with Gasteiger partial charge in [0.05, 0.1) is 7.11 Å². The van der Waals surface area contributed by atoms with Crippen molar-refractivity contribution in [1.82, 2.24) is 0 Å². The van der Waals surface area contributed by atoms with E-state index >= 15 is 0 Å². The summed E-state index contributed by atoms with van der Waals surface area (Å²) in [5.74, 6) is 0.659. The van der Waals surface area contributed by atoms with Gasteiger partial charge in [-0.2, -0.15) is 0 Å². The van der Waals surface area contributed by atoms with Gasteiger partial charge in [-0.3, -0.25) is 0 Å². The monoisotopic (exact) mass is 262 g/mol. The molecule has 1 aromatic carbocycles. The zero-order valence-electron chi connectivity index (χ0n) is 10.6. The molecule has 1 aromatic heterocycles. The van der Waals surface area contributed by atoms with Crippen molar-refractivity contribution in [3.63, 3.8) is 0 Å². The molecule has 0 bridgehead atoms. The first-order valence-electron chi connectivity index (χ1n) is 6.08. The third kappa shape index (κ3) is 1.62. The largest absolute Gasteiger partial charge is 0.507 e. The number of phenols is 1. The van der Waals surface area contributed by atoms with Gasteiger partial charge in [-0.05, 0) is 18.4 Å². The van der Waals surface area contributed by atoms with Gasteiger partial charge in [0.15, 0.2) is 0 Å². The number of hydrogen-bond acceptors (Lipinski definition) is 5. The minimum Gasteiger partial charge on any atom is -0.507 e. The number of benzene rings is 1. The number of fused-ring (bicyclic) bond motifs is 3. The fourth-order valence-electron chi connectivity index (χ4n) is 2.80. The summed E-state index contributed by atoms with van der Waals surface area (Å²) < 4.78 is 10.3. The zero-order valence-corrected chi connectivity index (χ0v) is 10.6. The zero-order chi connectivity index (χ0) is 13.7. The second kappa shape index (κ2) is 3.99. The lowest BCUT2D eigenvalue weighted by Gasteiger charge is -2.10. The van der Waals surface area contributed by atoms with Crippen molar-refractivity contribution in [1.29, 1.82) is 0 Å². The minimum atomic E-state index is -0.768. The van der Waals surface area contributed by atoms with Crippen LogP contribution >= 0.6 is 0 Å². The topological polar surface area (TPSA) is 79.9 Å². The summed E-state index contributed by atoms with van der Waals surface area (Å²) in [6, 6.07) is 3.07. The lowest BCUT2D eigenvalue weighted by Crippen LogP contribution is -2.06. The maximum Gasteiger partial charge on any atom is 0.347 e. The minimum absolute atomic E-state index is 0.0587. The Hall–Kier alpha value is -2.01. The molecule has 100 valence electrons. The van der Waals surface area contributed by atoms with E-state index in [1.807, 2.05) is 6.92 Å². The van der Waals surface area contributed by atoms with Crippen LogP contribution in [0.25, 0.3) is 10.8 Å². The van der Waals surface area contributed by atoms with Crippen LogP contribution in [0, 0.1) is 0 Å². The van der Waals surface area contributed by atoms with Gasteiger partial charge in [-0.1, -0.05) is 6.92 Å². The van der Waals surface area contributed by atoms with Crippen LogP contribution in [0.5, 0.6) is 11.5 Å². The van der Waals surface area contributed by atoms with Crippen molar-refractivity contribution in [2.24, 2.45) is 0 Å². The standard InChI is InChI=1S/C14H14O5/c1-6-3-10(16)13-11(6)8-4-7(18-2)5-9(15)12(8)14(17)19-13/h4-6,10,15-16H,3H2,1-2H3/t6-,10-/m0/s1. The van der Waals surface area contributed by atoms with Gasteiger partial charge in [0.2, 0.25) is 0 Å². The highest BCUT2D eigenvalue weighted by Gasteiger charge is 2.33. The first-order chi connectivity index (χ1) is 9.02. The van der Waals surface area contributed by atoms with Gasteiger partial charge in [0, 0.05) is 17.0 Å². The Labute approximate surface area is 109 Å². The van der Waals surface area contributed by atoms with Gasteiger partial charge in [0.25, 0.3) is 0 Å². The molecule has 0 fully saturated rings. The van der Waals surface area contributed by atoms with Crippen LogP contribution in [0.1, 0.15) is 36.7 Å². The van der Waals surface area contributed by atoms with Crippen molar-refractivity contribution in [3.05, 3.63) is 33.9 Å². The fraction of sp³-hybridized carbons (Fsp3) is 0.357. The number of rotatable bonds is 1. The van der Waals surface area contributed by atoms with Crippen LogP contribution in [0.4, 0.5) is 0 Å². The third-order valence-electron chi connectivity index (χ3n) is 3.66. The molecule has 0 unspecified atom stereocenters. The summed E-state index contributed by atoms with van der Waals surface area (Å²) in [6.07, 6.45) is -0.259. The molecule has 0 saturated heterocycles. The van der Waals surface area contributed by atoms with E-state index in [0.717, 1.165) is 5.56 Å². The number of methoxy groups -OCH3 is 1. The average Bonchev–Trinajstić information content (AvgIpc) is 2.64. The number of aromatic hydroxyl groups is 1. The van der Waals surface area contributed by atoms with E-state index in [1.54, 1.807) is 6.07 Å². The smallest absolute Gasteiger partial charge is 0.347 e. The highest BCUT2D eigenvalue weighted by Crippen LogP contribution is 2.44. The van der Waals surface area contributed by atoms with Crippen molar-refractivity contribution in [2.75, 3.05) is 7.11 Å². The van der Waals surface area contributed by atoms with Crippen LogP contribution < -0.4 is 10.4 Å². The first kappa shape index (κ1) is 12.0. The number of aliphatic hydroxyl groups is 1. The molecule has 19 heavy (non-hydrogen) atoms. The molecule has 1 aliphatic carbocycles. The fourth-order valence-corrected chi connectivity index (χ4v) is 2.80. The van der Waals surface area contributed by atoms with E-state index in [2.05, 4.69) is 0 Å². The molecule has 5 heteroatoms. The lowest BCUT2D eigenvalue weighted by atomic mass is 9.99. The predicted molar refractivity (Wildman–Crippen MR) is 68.7 cm³/mol. The molecular formula is C14H14O5. The maximum atomic E-state index is 11.9. The van der Waals surface area contributed by atoms with E-state index in [9.17, 15) is 15.0 Å². The highest BCUT2D eigenvalue weighted by atomic mass is 16.5. The van der Waals surface area contributed by atoms with E-state index in [1.165, 1.54) is 13.2 Å². The summed E-state index contributed by atoms with van der Waals surface area (Å²) >= 11 is 0. The van der Waals surface area contributed by atoms with E-state index in [4.69, 9.17) is 9.15 Å². The van der Waals surface area contributed by atoms with Gasteiger partial charge in [-0.15, -0.1) is 0 Å². The van der Waals surface area contributed by atoms with Crippen molar-refractivity contribution in [3.8, 4) is 11.5 Å². The summed E-state index contributed by atoms with van der Waals surface area (Å²) in [4.78, 5) is 11.9. The Kier molecular flexibility index (Phi) is 2.53. The number of aliphatic hydroxyl groups excluding tert-OH is 1. The van der Waals surface area contributed by atoms with Gasteiger partial charge >= 0.3 is 5.63 Å². The summed E-state index contributed by atoms with van der Waals surface area (Å²) in [7, 11) is 1.49. The molecule has 2 N–H and O–H groups in total. The Morgan fingerprint density at radius 3 is 2.84 bits per heavy atom. The number of phenolic OH excluding ortho intramolecular Hbond substituents is 1. The quantitative estimate of drug-likeness (QED) is 0.822. The normalized spacial score (nSPS) is 21.6. The Balaban J connectivity index is 2.48. The molecule has 0 radical (unpaired) electrons. The molecule has 0 aliphatic heterocycles. The second-order valence-electron chi connectivity index (χ2n) is 4.89. The molecular weight excluding hydrogens is 248 g/mol.